The zero-order chi connectivity index (χ0) is 8.97. The van der Waals surface area contributed by atoms with Crippen LogP contribution in [-0.2, 0) is 4.79 Å². The Morgan fingerprint density at radius 2 is 2.38 bits per heavy atom. The molecule has 78 valence electrons. The second-order valence-electron chi connectivity index (χ2n) is 3.69. The monoisotopic (exact) mass is 207 g/mol. The molecule has 1 saturated heterocycles. The molecule has 3 nitrogen and oxygen atoms in total. The Morgan fingerprint density at radius 1 is 1.69 bits per heavy atom. The van der Waals surface area contributed by atoms with Crippen LogP contribution >= 0.6 is 12.4 Å². The molecule has 0 saturated carbocycles. The Kier molecular flexibility index (Phi) is 6.08. The third-order valence-electron chi connectivity index (χ3n) is 2.51. The summed E-state index contributed by atoms with van der Waals surface area (Å²) in [6.07, 6.45) is 3.20. The molecule has 1 fully saturated rings. The van der Waals surface area contributed by atoms with Gasteiger partial charge in [-0.2, -0.15) is 0 Å². The average Bonchev–Trinajstić information content (AvgIpc) is 2.06. The predicted molar refractivity (Wildman–Crippen MR) is 54.3 cm³/mol. The molecule has 0 spiro atoms. The van der Waals surface area contributed by atoms with Gasteiger partial charge in [-0.05, 0) is 38.3 Å². The van der Waals surface area contributed by atoms with Crippen molar-refractivity contribution in [1.82, 2.24) is 5.32 Å². The molecule has 0 radical (unpaired) electrons. The number of carbonyl (C=O) groups is 1. The topological polar surface area (TPSA) is 49.3 Å². The fraction of sp³-hybridized carbons (Fsp3) is 0.889. The average molecular weight is 208 g/mol. The Hall–Kier alpha value is -0.280. The number of rotatable bonds is 3. The number of carboxylic acids is 1. The summed E-state index contributed by atoms with van der Waals surface area (Å²) in [5.74, 6) is -0.277. The molecule has 4 heteroatoms. The van der Waals surface area contributed by atoms with Crippen molar-refractivity contribution in [2.75, 3.05) is 13.1 Å². The standard InChI is InChI=1S/C9H17NO2.ClH/c1-7(9(11)12)5-8-3-2-4-10-6-8;/h7-8,10H,2-6H2,1H3,(H,11,12);1H. The molecule has 0 aliphatic carbocycles. The minimum atomic E-state index is -0.666. The van der Waals surface area contributed by atoms with Crippen molar-refractivity contribution in [1.29, 1.82) is 0 Å². The molecule has 2 atom stereocenters. The van der Waals surface area contributed by atoms with Gasteiger partial charge < -0.3 is 10.4 Å². The van der Waals surface area contributed by atoms with Crippen molar-refractivity contribution >= 4 is 18.4 Å². The third kappa shape index (κ3) is 4.48. The van der Waals surface area contributed by atoms with Crippen molar-refractivity contribution in [3.8, 4) is 0 Å². The molecule has 0 amide bonds. The van der Waals surface area contributed by atoms with Crippen molar-refractivity contribution in [2.45, 2.75) is 26.2 Å². The second-order valence-corrected chi connectivity index (χ2v) is 3.69. The van der Waals surface area contributed by atoms with Crippen LogP contribution < -0.4 is 5.32 Å². The Morgan fingerprint density at radius 3 is 2.85 bits per heavy atom. The van der Waals surface area contributed by atoms with Gasteiger partial charge in [-0.15, -0.1) is 12.4 Å². The first-order chi connectivity index (χ1) is 5.70. The van der Waals surface area contributed by atoms with Crippen molar-refractivity contribution in [3.05, 3.63) is 0 Å². The van der Waals surface area contributed by atoms with E-state index in [0.717, 1.165) is 19.5 Å². The Balaban J connectivity index is 0.00000144. The first-order valence-corrected chi connectivity index (χ1v) is 4.63. The highest BCUT2D eigenvalue weighted by Crippen LogP contribution is 2.19. The van der Waals surface area contributed by atoms with E-state index in [9.17, 15) is 4.79 Å². The Bertz CT molecular complexity index is 158. The highest BCUT2D eigenvalue weighted by Gasteiger charge is 2.19. The number of hydrogen-bond acceptors (Lipinski definition) is 2. The minimum absolute atomic E-state index is 0. The third-order valence-corrected chi connectivity index (χ3v) is 2.51. The van der Waals surface area contributed by atoms with Gasteiger partial charge in [0.1, 0.15) is 0 Å². The van der Waals surface area contributed by atoms with Gasteiger partial charge in [-0.1, -0.05) is 6.92 Å². The highest BCUT2D eigenvalue weighted by molar-refractivity contribution is 5.85. The van der Waals surface area contributed by atoms with Crippen molar-refractivity contribution in [3.63, 3.8) is 0 Å². The van der Waals surface area contributed by atoms with Crippen LogP contribution in [0.5, 0.6) is 0 Å². The normalized spacial score (nSPS) is 24.5. The predicted octanol–water partition coefficient (Wildman–Crippen LogP) is 1.52. The van der Waals surface area contributed by atoms with Gasteiger partial charge in [0.15, 0.2) is 0 Å². The maximum absolute atomic E-state index is 10.6. The summed E-state index contributed by atoms with van der Waals surface area (Å²) in [7, 11) is 0. The molecule has 2 unspecified atom stereocenters. The van der Waals surface area contributed by atoms with E-state index < -0.39 is 5.97 Å². The molecular weight excluding hydrogens is 190 g/mol. The van der Waals surface area contributed by atoms with Crippen LogP contribution in [0.25, 0.3) is 0 Å². The van der Waals surface area contributed by atoms with E-state index >= 15 is 0 Å². The number of halogens is 1. The van der Waals surface area contributed by atoms with Crippen LogP contribution in [0, 0.1) is 11.8 Å². The van der Waals surface area contributed by atoms with E-state index in [1.54, 1.807) is 6.92 Å². The van der Waals surface area contributed by atoms with E-state index in [1.165, 1.54) is 12.8 Å². The van der Waals surface area contributed by atoms with Crippen LogP contribution in [0.4, 0.5) is 0 Å². The van der Waals surface area contributed by atoms with E-state index in [1.807, 2.05) is 0 Å². The zero-order valence-electron chi connectivity index (χ0n) is 7.95. The lowest BCUT2D eigenvalue weighted by Crippen LogP contribution is -2.31. The molecule has 0 aromatic carbocycles. The summed E-state index contributed by atoms with van der Waals surface area (Å²) >= 11 is 0. The van der Waals surface area contributed by atoms with E-state index in [4.69, 9.17) is 5.11 Å². The molecule has 0 aromatic rings. The van der Waals surface area contributed by atoms with Crippen molar-refractivity contribution in [2.24, 2.45) is 11.8 Å². The molecule has 1 rings (SSSR count). The largest absolute Gasteiger partial charge is 0.481 e. The number of hydrogen-bond donors (Lipinski definition) is 2. The number of piperidine rings is 1. The smallest absolute Gasteiger partial charge is 0.306 e. The van der Waals surface area contributed by atoms with Gasteiger partial charge in [0.25, 0.3) is 0 Å². The first-order valence-electron chi connectivity index (χ1n) is 4.63. The lowest BCUT2D eigenvalue weighted by Gasteiger charge is -2.23. The summed E-state index contributed by atoms with van der Waals surface area (Å²) in [5, 5.41) is 12.0. The summed E-state index contributed by atoms with van der Waals surface area (Å²) in [6, 6.07) is 0. The van der Waals surface area contributed by atoms with Gasteiger partial charge in [0, 0.05) is 0 Å². The molecule has 1 aliphatic heterocycles. The lowest BCUT2D eigenvalue weighted by molar-refractivity contribution is -0.141. The van der Waals surface area contributed by atoms with Gasteiger partial charge in [0.05, 0.1) is 5.92 Å². The maximum atomic E-state index is 10.6. The zero-order valence-corrected chi connectivity index (χ0v) is 8.77. The van der Waals surface area contributed by atoms with Crippen molar-refractivity contribution < 1.29 is 9.90 Å². The molecule has 0 bridgehead atoms. The van der Waals surface area contributed by atoms with Crippen LogP contribution in [0.2, 0.25) is 0 Å². The van der Waals surface area contributed by atoms with E-state index in [2.05, 4.69) is 5.32 Å². The number of carboxylic acid groups (broad SMARTS) is 1. The van der Waals surface area contributed by atoms with Crippen LogP contribution in [0.1, 0.15) is 26.2 Å². The van der Waals surface area contributed by atoms with Crippen LogP contribution in [0.3, 0.4) is 0 Å². The molecule has 2 N–H and O–H groups in total. The fourth-order valence-corrected chi connectivity index (χ4v) is 1.73. The summed E-state index contributed by atoms with van der Waals surface area (Å²) in [4.78, 5) is 10.6. The van der Waals surface area contributed by atoms with Gasteiger partial charge in [-0.25, -0.2) is 0 Å². The highest BCUT2D eigenvalue weighted by atomic mass is 35.5. The number of nitrogens with one attached hydrogen (secondary N) is 1. The van der Waals surface area contributed by atoms with Gasteiger partial charge >= 0.3 is 5.97 Å². The minimum Gasteiger partial charge on any atom is -0.481 e. The lowest BCUT2D eigenvalue weighted by atomic mass is 9.90. The number of aliphatic carboxylic acids is 1. The second kappa shape index (κ2) is 6.22. The van der Waals surface area contributed by atoms with Crippen LogP contribution in [-0.4, -0.2) is 24.2 Å². The fourth-order valence-electron chi connectivity index (χ4n) is 1.73. The Labute approximate surface area is 85.3 Å². The first kappa shape index (κ1) is 12.7. The molecule has 0 aromatic heterocycles. The molecular formula is C9H18ClNO2. The van der Waals surface area contributed by atoms with Crippen LogP contribution in [0.15, 0.2) is 0 Å². The summed E-state index contributed by atoms with van der Waals surface area (Å²) in [6.45, 7) is 3.88. The van der Waals surface area contributed by atoms with Gasteiger partial charge in [-0.3, -0.25) is 4.79 Å². The van der Waals surface area contributed by atoms with Gasteiger partial charge in [0.2, 0.25) is 0 Å². The maximum Gasteiger partial charge on any atom is 0.306 e. The summed E-state index contributed by atoms with van der Waals surface area (Å²) in [5.41, 5.74) is 0. The summed E-state index contributed by atoms with van der Waals surface area (Å²) < 4.78 is 0. The van der Waals surface area contributed by atoms with E-state index in [0.29, 0.717) is 5.92 Å². The van der Waals surface area contributed by atoms with E-state index in [-0.39, 0.29) is 18.3 Å². The molecule has 13 heavy (non-hydrogen) atoms. The molecule has 1 aliphatic rings. The quantitative estimate of drug-likeness (QED) is 0.738. The molecule has 1 heterocycles. The SMILES string of the molecule is CC(CC1CCCNC1)C(=O)O.Cl.